The van der Waals surface area contributed by atoms with E-state index in [1.807, 2.05) is 38.2 Å². The summed E-state index contributed by atoms with van der Waals surface area (Å²) in [7, 11) is 0. The van der Waals surface area contributed by atoms with Crippen molar-refractivity contribution in [2.24, 2.45) is 0 Å². The van der Waals surface area contributed by atoms with Gasteiger partial charge in [0.1, 0.15) is 24.0 Å². The van der Waals surface area contributed by atoms with E-state index in [9.17, 15) is 9.18 Å². The van der Waals surface area contributed by atoms with E-state index in [1.165, 1.54) is 18.2 Å². The van der Waals surface area contributed by atoms with Gasteiger partial charge in [-0.25, -0.2) is 9.18 Å². The maximum atomic E-state index is 13.8. The van der Waals surface area contributed by atoms with Crippen LogP contribution in [0.1, 0.15) is 35.2 Å². The monoisotopic (exact) mass is 394 g/mol. The molecule has 3 nitrogen and oxygen atoms in total. The number of rotatable bonds is 4. The first kappa shape index (κ1) is 18.9. The molecule has 1 heterocycles. The number of nitrogens with two attached hydrogens (primary N) is 1. The van der Waals surface area contributed by atoms with Crippen LogP contribution in [0.15, 0.2) is 39.5 Å². The summed E-state index contributed by atoms with van der Waals surface area (Å²) in [4.78, 5) is 11.9. The molecule has 0 saturated heterocycles. The Kier molecular flexibility index (Phi) is 5.37. The third-order valence-corrected chi connectivity index (χ3v) is 5.28. The Bertz CT molecular complexity index is 1050. The first-order chi connectivity index (χ1) is 12.3. The van der Waals surface area contributed by atoms with Crippen LogP contribution in [0.4, 0.5) is 4.39 Å². The second-order valence-electron chi connectivity index (χ2n) is 6.54. The van der Waals surface area contributed by atoms with Crippen LogP contribution >= 0.6 is 23.2 Å². The smallest absolute Gasteiger partial charge is 0.336 e. The lowest BCUT2D eigenvalue weighted by molar-refractivity contribution is -0.707. The summed E-state index contributed by atoms with van der Waals surface area (Å²) in [6.07, 6.45) is 0. The highest BCUT2D eigenvalue weighted by molar-refractivity contribution is 6.35. The van der Waals surface area contributed by atoms with Crippen molar-refractivity contribution in [1.82, 2.24) is 0 Å². The molecule has 1 atom stereocenters. The molecule has 136 valence electrons. The Morgan fingerprint density at radius 3 is 2.50 bits per heavy atom. The fourth-order valence-corrected chi connectivity index (χ4v) is 3.52. The van der Waals surface area contributed by atoms with E-state index in [1.54, 1.807) is 0 Å². The van der Waals surface area contributed by atoms with E-state index in [0.717, 1.165) is 22.1 Å². The van der Waals surface area contributed by atoms with E-state index in [2.05, 4.69) is 0 Å². The highest BCUT2D eigenvalue weighted by Crippen LogP contribution is 2.27. The highest BCUT2D eigenvalue weighted by Gasteiger charge is 2.17. The SMILES string of the molecule is Cc1cc2oc(=O)cc(C[NH2+][C@@H](C)c3cc(F)c(Cl)cc3Cl)c2cc1C. The van der Waals surface area contributed by atoms with Gasteiger partial charge in [0.05, 0.1) is 10.0 Å². The summed E-state index contributed by atoms with van der Waals surface area (Å²) in [6, 6.07) is 8.07. The number of aryl methyl sites for hydroxylation is 2. The predicted octanol–water partition coefficient (Wildman–Crippen LogP) is 4.68. The maximum absolute atomic E-state index is 13.8. The van der Waals surface area contributed by atoms with Gasteiger partial charge in [0.2, 0.25) is 0 Å². The normalized spacial score (nSPS) is 12.5. The van der Waals surface area contributed by atoms with E-state index in [4.69, 9.17) is 27.6 Å². The van der Waals surface area contributed by atoms with Gasteiger partial charge in [0, 0.05) is 22.6 Å². The standard InChI is InChI=1S/C20H18Cl2FNO2/c1-10-4-15-13(6-20(25)26-19(15)5-11(10)2)9-24-12(3)14-7-18(23)17(22)8-16(14)21/h4-8,12,24H,9H2,1-3H3/p+1/t12-/m0/s1. The molecule has 0 bridgehead atoms. The number of fused-ring (bicyclic) bond motifs is 1. The van der Waals surface area contributed by atoms with Crippen LogP contribution < -0.4 is 10.9 Å². The number of hydrogen-bond donors (Lipinski definition) is 1. The van der Waals surface area contributed by atoms with Crippen molar-refractivity contribution in [3.63, 3.8) is 0 Å². The van der Waals surface area contributed by atoms with Gasteiger partial charge >= 0.3 is 5.63 Å². The van der Waals surface area contributed by atoms with Crippen molar-refractivity contribution in [2.45, 2.75) is 33.4 Å². The van der Waals surface area contributed by atoms with Crippen LogP contribution in [0.25, 0.3) is 11.0 Å². The summed E-state index contributed by atoms with van der Waals surface area (Å²) >= 11 is 12.0. The average molecular weight is 395 g/mol. The Hall–Kier alpha value is -1.88. The molecule has 0 aliphatic heterocycles. The molecule has 0 saturated carbocycles. The van der Waals surface area contributed by atoms with Gasteiger partial charge in [-0.05, 0) is 56.2 Å². The van der Waals surface area contributed by atoms with Crippen molar-refractivity contribution >= 4 is 34.2 Å². The van der Waals surface area contributed by atoms with Gasteiger partial charge in [0.15, 0.2) is 0 Å². The molecule has 3 aromatic rings. The number of quaternary nitrogens is 1. The fourth-order valence-electron chi connectivity index (χ4n) is 2.97. The molecule has 2 N–H and O–H groups in total. The largest absolute Gasteiger partial charge is 0.423 e. The number of halogens is 3. The van der Waals surface area contributed by atoms with Crippen LogP contribution in [0.3, 0.4) is 0 Å². The third-order valence-electron chi connectivity index (χ3n) is 4.67. The molecule has 0 unspecified atom stereocenters. The Morgan fingerprint density at radius 2 is 1.77 bits per heavy atom. The second-order valence-corrected chi connectivity index (χ2v) is 7.35. The first-order valence-corrected chi connectivity index (χ1v) is 9.03. The highest BCUT2D eigenvalue weighted by atomic mass is 35.5. The van der Waals surface area contributed by atoms with E-state index in [-0.39, 0.29) is 16.7 Å². The lowest BCUT2D eigenvalue weighted by atomic mass is 10.0. The average Bonchev–Trinajstić information content (AvgIpc) is 2.57. The summed E-state index contributed by atoms with van der Waals surface area (Å²) in [5, 5.41) is 3.33. The van der Waals surface area contributed by atoms with Crippen molar-refractivity contribution in [3.8, 4) is 0 Å². The zero-order valence-corrected chi connectivity index (χ0v) is 16.2. The van der Waals surface area contributed by atoms with Gasteiger partial charge in [-0.3, -0.25) is 0 Å². The minimum atomic E-state index is -0.497. The van der Waals surface area contributed by atoms with Crippen LogP contribution in [0.5, 0.6) is 0 Å². The molecular weight excluding hydrogens is 376 g/mol. The van der Waals surface area contributed by atoms with Crippen molar-refractivity contribution < 1.29 is 14.1 Å². The molecule has 3 rings (SSSR count). The van der Waals surface area contributed by atoms with Gasteiger partial charge in [-0.1, -0.05) is 23.2 Å². The van der Waals surface area contributed by atoms with E-state index >= 15 is 0 Å². The zero-order chi connectivity index (χ0) is 19.0. The number of hydrogen-bond acceptors (Lipinski definition) is 2. The maximum Gasteiger partial charge on any atom is 0.336 e. The fraction of sp³-hybridized carbons (Fsp3) is 0.250. The molecule has 0 radical (unpaired) electrons. The van der Waals surface area contributed by atoms with Crippen LogP contribution in [-0.4, -0.2) is 0 Å². The number of benzene rings is 2. The molecule has 1 aromatic heterocycles. The van der Waals surface area contributed by atoms with Crippen molar-refractivity contribution in [1.29, 1.82) is 0 Å². The summed E-state index contributed by atoms with van der Waals surface area (Å²) in [5.74, 6) is -0.497. The molecule has 0 fully saturated rings. The van der Waals surface area contributed by atoms with Crippen LogP contribution in [-0.2, 0) is 6.54 Å². The second kappa shape index (κ2) is 7.39. The Morgan fingerprint density at radius 1 is 1.08 bits per heavy atom. The molecule has 0 amide bonds. The van der Waals surface area contributed by atoms with E-state index < -0.39 is 5.82 Å². The van der Waals surface area contributed by atoms with Crippen molar-refractivity contribution in [3.05, 3.63) is 78.9 Å². The molecule has 0 aliphatic carbocycles. The van der Waals surface area contributed by atoms with Crippen molar-refractivity contribution in [2.75, 3.05) is 0 Å². The molecular formula is C20H19Cl2FNO2+. The van der Waals surface area contributed by atoms with Gasteiger partial charge in [-0.2, -0.15) is 0 Å². The lowest BCUT2D eigenvalue weighted by Gasteiger charge is -2.14. The first-order valence-electron chi connectivity index (χ1n) is 8.28. The molecule has 26 heavy (non-hydrogen) atoms. The van der Waals surface area contributed by atoms with Crippen LogP contribution in [0, 0.1) is 19.7 Å². The Labute approximate surface area is 160 Å². The summed E-state index contributed by atoms with van der Waals surface area (Å²) < 4.78 is 19.1. The predicted molar refractivity (Wildman–Crippen MR) is 102 cm³/mol. The zero-order valence-electron chi connectivity index (χ0n) is 14.7. The minimum Gasteiger partial charge on any atom is -0.423 e. The minimum absolute atomic E-state index is 0.00320. The van der Waals surface area contributed by atoms with Gasteiger partial charge in [0.25, 0.3) is 0 Å². The molecule has 0 aliphatic rings. The Balaban J connectivity index is 1.91. The molecule has 6 heteroatoms. The molecule has 2 aromatic carbocycles. The lowest BCUT2D eigenvalue weighted by Crippen LogP contribution is -2.83. The van der Waals surface area contributed by atoms with E-state index in [0.29, 0.717) is 22.7 Å². The quantitative estimate of drug-likeness (QED) is 0.515. The summed E-state index contributed by atoms with van der Waals surface area (Å²) in [5.41, 5.74) is 3.92. The summed E-state index contributed by atoms with van der Waals surface area (Å²) in [6.45, 7) is 6.46. The third kappa shape index (κ3) is 3.78. The van der Waals surface area contributed by atoms with Crippen LogP contribution in [0.2, 0.25) is 10.0 Å². The van der Waals surface area contributed by atoms with Gasteiger partial charge < -0.3 is 9.73 Å². The van der Waals surface area contributed by atoms with Gasteiger partial charge in [-0.15, -0.1) is 0 Å². The topological polar surface area (TPSA) is 46.8 Å². The molecule has 0 spiro atoms.